The summed E-state index contributed by atoms with van der Waals surface area (Å²) in [6.45, 7) is 5.02. The summed E-state index contributed by atoms with van der Waals surface area (Å²) in [7, 11) is 0. The molecular weight excluding hydrogens is 214 g/mol. The van der Waals surface area contributed by atoms with Gasteiger partial charge < -0.3 is 15.6 Å². The minimum Gasteiger partial charge on any atom is -0.368 e. The average molecular weight is 243 g/mol. The van der Waals surface area contributed by atoms with Gasteiger partial charge in [-0.2, -0.15) is 0 Å². The van der Waals surface area contributed by atoms with Gasteiger partial charge in [-0.25, -0.2) is 0 Å². The zero-order chi connectivity index (χ0) is 12.7. The molecule has 0 aromatic carbocycles. The lowest BCUT2D eigenvalue weighted by molar-refractivity contribution is -0.122. The molecule has 0 spiro atoms. The molecule has 102 valence electrons. The number of rotatable bonds is 8. The minimum atomic E-state index is -0.679. The molecule has 0 radical (unpaired) electrons. The maximum atomic E-state index is 9.85. The summed E-state index contributed by atoms with van der Waals surface area (Å²) >= 11 is 0. The number of hydrogen-bond donors (Lipinski definition) is 2. The van der Waals surface area contributed by atoms with Crippen LogP contribution in [0.25, 0.3) is 0 Å². The highest BCUT2D eigenvalue weighted by Gasteiger charge is 2.31. The van der Waals surface area contributed by atoms with E-state index >= 15 is 0 Å². The van der Waals surface area contributed by atoms with E-state index in [1.54, 1.807) is 0 Å². The van der Waals surface area contributed by atoms with E-state index in [1.165, 1.54) is 32.1 Å². The highest BCUT2D eigenvalue weighted by atomic mass is 16.6. The van der Waals surface area contributed by atoms with Gasteiger partial charge in [-0.15, -0.1) is 0 Å². The molecule has 0 bridgehead atoms. The fraction of sp³-hybridized carbons (Fsp3) is 1.00. The summed E-state index contributed by atoms with van der Waals surface area (Å²) in [5.41, 5.74) is 6.03. The summed E-state index contributed by atoms with van der Waals surface area (Å²) in [6, 6.07) is 0. The zero-order valence-electron chi connectivity index (χ0n) is 11.5. The van der Waals surface area contributed by atoms with Crippen molar-refractivity contribution in [2.45, 2.75) is 77.0 Å². The van der Waals surface area contributed by atoms with E-state index in [1.807, 2.05) is 0 Å². The Morgan fingerprint density at radius 1 is 1.35 bits per heavy atom. The van der Waals surface area contributed by atoms with Crippen molar-refractivity contribution in [3.63, 3.8) is 0 Å². The van der Waals surface area contributed by atoms with E-state index in [4.69, 9.17) is 10.5 Å². The van der Waals surface area contributed by atoms with Crippen LogP contribution in [-0.4, -0.2) is 23.5 Å². The second-order valence-corrected chi connectivity index (χ2v) is 5.81. The van der Waals surface area contributed by atoms with Gasteiger partial charge >= 0.3 is 0 Å². The largest absolute Gasteiger partial charge is 0.368 e. The van der Waals surface area contributed by atoms with Crippen LogP contribution in [0.2, 0.25) is 0 Å². The van der Waals surface area contributed by atoms with Crippen molar-refractivity contribution in [1.82, 2.24) is 0 Å². The van der Waals surface area contributed by atoms with Crippen molar-refractivity contribution in [2.24, 2.45) is 11.7 Å². The summed E-state index contributed by atoms with van der Waals surface area (Å²) in [6.07, 6.45) is 7.98. The number of nitrogens with two attached hydrogens (primary N) is 1. The normalized spacial score (nSPS) is 22.6. The van der Waals surface area contributed by atoms with E-state index in [2.05, 4.69) is 13.8 Å². The predicted octanol–water partition coefficient (Wildman–Crippen LogP) is 2.81. The monoisotopic (exact) mass is 243 g/mol. The molecule has 0 aliphatic heterocycles. The Labute approximate surface area is 106 Å². The van der Waals surface area contributed by atoms with Crippen molar-refractivity contribution in [3.05, 3.63) is 0 Å². The number of aliphatic hydroxyl groups excluding tert-OH is 1. The zero-order valence-corrected chi connectivity index (χ0v) is 11.5. The summed E-state index contributed by atoms with van der Waals surface area (Å²) in [5, 5.41) is 9.85. The third-order valence-corrected chi connectivity index (χ3v) is 3.80. The lowest BCUT2D eigenvalue weighted by atomic mass is 9.94. The summed E-state index contributed by atoms with van der Waals surface area (Å²) in [5.74, 6) is 0.530. The van der Waals surface area contributed by atoms with Gasteiger partial charge in [0.1, 0.15) is 0 Å². The number of ether oxygens (including phenoxy) is 1. The number of aliphatic hydroxyl groups is 1. The third-order valence-electron chi connectivity index (χ3n) is 3.80. The molecule has 3 nitrogen and oxygen atoms in total. The molecule has 0 aromatic heterocycles. The van der Waals surface area contributed by atoms with Gasteiger partial charge in [0, 0.05) is 12.0 Å². The molecule has 1 rings (SSSR count). The molecule has 3 heteroatoms. The van der Waals surface area contributed by atoms with Gasteiger partial charge in [0.2, 0.25) is 0 Å². The minimum absolute atomic E-state index is 0.175. The molecule has 2 unspecified atom stereocenters. The van der Waals surface area contributed by atoms with Crippen LogP contribution in [0.3, 0.4) is 0 Å². The Kier molecular flexibility index (Phi) is 6.45. The molecule has 1 saturated carbocycles. The maximum absolute atomic E-state index is 9.85. The lowest BCUT2D eigenvalue weighted by Crippen LogP contribution is -2.40. The van der Waals surface area contributed by atoms with E-state index in [0.29, 0.717) is 18.9 Å². The molecule has 17 heavy (non-hydrogen) atoms. The van der Waals surface area contributed by atoms with Gasteiger partial charge in [0.25, 0.3) is 0 Å². The Hall–Kier alpha value is -0.120. The van der Waals surface area contributed by atoms with Gasteiger partial charge in [-0.05, 0) is 25.2 Å². The Balaban J connectivity index is 2.14. The van der Waals surface area contributed by atoms with Crippen LogP contribution in [-0.2, 0) is 4.74 Å². The van der Waals surface area contributed by atoms with Gasteiger partial charge in [-0.1, -0.05) is 39.5 Å². The molecule has 0 amide bonds. The summed E-state index contributed by atoms with van der Waals surface area (Å²) in [4.78, 5) is 0. The molecule has 2 atom stereocenters. The SMILES string of the molecule is CCCCC(C)COC(O)CC1(N)CCCC1. The van der Waals surface area contributed by atoms with Crippen molar-refractivity contribution in [2.75, 3.05) is 6.61 Å². The first-order chi connectivity index (χ1) is 8.06. The fourth-order valence-corrected chi connectivity index (χ4v) is 2.60. The fourth-order valence-electron chi connectivity index (χ4n) is 2.60. The molecule has 0 heterocycles. The smallest absolute Gasteiger partial charge is 0.156 e. The van der Waals surface area contributed by atoms with Crippen molar-refractivity contribution in [1.29, 1.82) is 0 Å². The molecule has 1 aliphatic rings. The van der Waals surface area contributed by atoms with Crippen molar-refractivity contribution < 1.29 is 9.84 Å². The number of hydrogen-bond acceptors (Lipinski definition) is 3. The first-order valence-corrected chi connectivity index (χ1v) is 7.14. The number of unbranched alkanes of at least 4 members (excludes halogenated alkanes) is 1. The maximum Gasteiger partial charge on any atom is 0.156 e. The van der Waals surface area contributed by atoms with Crippen LogP contribution in [0, 0.1) is 5.92 Å². The quantitative estimate of drug-likeness (QED) is 0.645. The topological polar surface area (TPSA) is 55.5 Å². The Bertz CT molecular complexity index is 202. The molecular formula is C14H29NO2. The first kappa shape index (κ1) is 14.9. The Morgan fingerprint density at radius 3 is 2.59 bits per heavy atom. The van der Waals surface area contributed by atoms with Crippen LogP contribution >= 0.6 is 0 Å². The molecule has 3 N–H and O–H groups in total. The highest BCUT2D eigenvalue weighted by Crippen LogP contribution is 2.31. The van der Waals surface area contributed by atoms with E-state index in [-0.39, 0.29) is 5.54 Å². The van der Waals surface area contributed by atoms with Crippen molar-refractivity contribution >= 4 is 0 Å². The Morgan fingerprint density at radius 2 is 2.00 bits per heavy atom. The summed E-state index contributed by atoms with van der Waals surface area (Å²) < 4.78 is 5.50. The van der Waals surface area contributed by atoms with E-state index in [0.717, 1.165) is 12.8 Å². The van der Waals surface area contributed by atoms with Crippen LogP contribution in [0.4, 0.5) is 0 Å². The first-order valence-electron chi connectivity index (χ1n) is 7.14. The van der Waals surface area contributed by atoms with Crippen LogP contribution < -0.4 is 5.73 Å². The van der Waals surface area contributed by atoms with Crippen LogP contribution in [0.15, 0.2) is 0 Å². The van der Waals surface area contributed by atoms with Gasteiger partial charge in [-0.3, -0.25) is 0 Å². The standard InChI is InChI=1S/C14H29NO2/c1-3-4-7-12(2)11-17-13(16)10-14(15)8-5-6-9-14/h12-13,16H,3-11,15H2,1-2H3. The van der Waals surface area contributed by atoms with E-state index in [9.17, 15) is 5.11 Å². The second kappa shape index (κ2) is 7.34. The highest BCUT2D eigenvalue weighted by molar-refractivity contribution is 4.89. The van der Waals surface area contributed by atoms with E-state index < -0.39 is 6.29 Å². The molecule has 1 fully saturated rings. The van der Waals surface area contributed by atoms with Crippen LogP contribution in [0.5, 0.6) is 0 Å². The lowest BCUT2D eigenvalue weighted by Gasteiger charge is -2.27. The van der Waals surface area contributed by atoms with Crippen molar-refractivity contribution in [3.8, 4) is 0 Å². The molecule has 0 aromatic rings. The van der Waals surface area contributed by atoms with Gasteiger partial charge in [0.05, 0.1) is 6.61 Å². The molecule has 1 aliphatic carbocycles. The van der Waals surface area contributed by atoms with Crippen LogP contribution in [0.1, 0.15) is 65.2 Å². The molecule has 0 saturated heterocycles. The van der Waals surface area contributed by atoms with Gasteiger partial charge in [0.15, 0.2) is 6.29 Å². The second-order valence-electron chi connectivity index (χ2n) is 5.81. The third kappa shape index (κ3) is 5.84. The predicted molar refractivity (Wildman–Crippen MR) is 70.7 cm³/mol. The average Bonchev–Trinajstić information content (AvgIpc) is 2.70.